The van der Waals surface area contributed by atoms with E-state index in [0.29, 0.717) is 31.5 Å². The van der Waals surface area contributed by atoms with Crippen molar-refractivity contribution in [2.75, 3.05) is 13.1 Å². The van der Waals surface area contributed by atoms with Crippen LogP contribution in [0.2, 0.25) is 0 Å². The van der Waals surface area contributed by atoms with Crippen LogP contribution in [0, 0.1) is 17.7 Å². The second kappa shape index (κ2) is 10.0. The van der Waals surface area contributed by atoms with E-state index in [0.717, 1.165) is 25.7 Å². The number of amides is 3. The third-order valence-corrected chi connectivity index (χ3v) is 6.13. The summed E-state index contributed by atoms with van der Waals surface area (Å²) in [6, 6.07) is 4.53. The van der Waals surface area contributed by atoms with E-state index in [9.17, 15) is 18.8 Å². The average Bonchev–Trinajstić information content (AvgIpc) is 3.26. The van der Waals surface area contributed by atoms with Crippen LogP contribution in [0.4, 0.5) is 4.39 Å². The minimum atomic E-state index is -0.686. The van der Waals surface area contributed by atoms with Gasteiger partial charge in [-0.1, -0.05) is 12.8 Å². The number of nitrogens with zero attached hydrogens (tertiary/aromatic N) is 1. The molecule has 1 saturated carbocycles. The largest absolute Gasteiger partial charge is 0.352 e. The van der Waals surface area contributed by atoms with E-state index in [1.165, 1.54) is 24.3 Å². The fraction of sp³-hybridized carbons (Fsp3) is 0.609. The average molecular weight is 418 g/mol. The van der Waals surface area contributed by atoms with Crippen LogP contribution >= 0.6 is 0 Å². The molecule has 0 radical (unpaired) electrons. The van der Waals surface area contributed by atoms with Crippen molar-refractivity contribution in [3.05, 3.63) is 35.6 Å². The van der Waals surface area contributed by atoms with Crippen LogP contribution in [0.15, 0.2) is 24.3 Å². The highest BCUT2D eigenvalue weighted by molar-refractivity contribution is 5.97. The SMILES string of the molecule is CC(C)NC(=O)[C@@H](NC(=O)c1ccc(F)cc1)C1CCN(C(=O)C2CCCC2)CC1. The Bertz CT molecular complexity index is 751. The molecule has 1 aromatic rings. The van der Waals surface area contributed by atoms with E-state index in [-0.39, 0.29) is 29.7 Å². The zero-order chi connectivity index (χ0) is 21.7. The molecule has 164 valence electrons. The van der Waals surface area contributed by atoms with Gasteiger partial charge in [0.25, 0.3) is 5.91 Å². The van der Waals surface area contributed by atoms with Gasteiger partial charge in [-0.3, -0.25) is 14.4 Å². The standard InChI is InChI=1S/C23H32FN3O3/c1-15(2)25-22(29)20(26-21(28)17-7-9-19(24)10-8-17)16-11-13-27(14-12-16)23(30)18-5-3-4-6-18/h7-10,15-16,18,20H,3-6,11-14H2,1-2H3,(H,25,29)(H,26,28)/t20-/m0/s1. The molecular formula is C23H32FN3O3. The van der Waals surface area contributed by atoms with E-state index >= 15 is 0 Å². The number of halogens is 1. The predicted molar refractivity (Wildman–Crippen MR) is 112 cm³/mol. The Morgan fingerprint density at radius 2 is 1.57 bits per heavy atom. The molecule has 1 saturated heterocycles. The van der Waals surface area contributed by atoms with Crippen molar-refractivity contribution in [2.24, 2.45) is 11.8 Å². The number of piperidine rings is 1. The summed E-state index contributed by atoms with van der Waals surface area (Å²) in [7, 11) is 0. The van der Waals surface area contributed by atoms with Crippen LogP contribution < -0.4 is 10.6 Å². The van der Waals surface area contributed by atoms with E-state index < -0.39 is 17.8 Å². The fourth-order valence-electron chi connectivity index (χ4n) is 4.48. The lowest BCUT2D eigenvalue weighted by Crippen LogP contribution is -2.55. The molecule has 30 heavy (non-hydrogen) atoms. The molecule has 0 spiro atoms. The molecule has 2 N–H and O–H groups in total. The molecular weight excluding hydrogens is 385 g/mol. The van der Waals surface area contributed by atoms with Crippen molar-refractivity contribution in [1.29, 1.82) is 0 Å². The van der Waals surface area contributed by atoms with E-state index in [1.54, 1.807) is 0 Å². The van der Waals surface area contributed by atoms with E-state index in [4.69, 9.17) is 0 Å². The molecule has 0 unspecified atom stereocenters. The number of hydrogen-bond donors (Lipinski definition) is 2. The summed E-state index contributed by atoms with van der Waals surface area (Å²) in [6.45, 7) is 4.97. The molecule has 7 heteroatoms. The Morgan fingerprint density at radius 3 is 2.13 bits per heavy atom. The second-order valence-corrected chi connectivity index (χ2v) is 8.77. The van der Waals surface area contributed by atoms with Crippen molar-refractivity contribution < 1.29 is 18.8 Å². The van der Waals surface area contributed by atoms with Gasteiger partial charge in [0.1, 0.15) is 11.9 Å². The fourth-order valence-corrected chi connectivity index (χ4v) is 4.48. The summed E-state index contributed by atoms with van der Waals surface area (Å²) in [5, 5.41) is 5.74. The summed E-state index contributed by atoms with van der Waals surface area (Å²) < 4.78 is 13.2. The molecule has 3 amide bonds. The summed E-state index contributed by atoms with van der Waals surface area (Å²) in [5.74, 6) is -0.700. The molecule has 2 aliphatic rings. The first kappa shape index (κ1) is 22.2. The van der Waals surface area contributed by atoms with Gasteiger partial charge in [-0.15, -0.1) is 0 Å². The van der Waals surface area contributed by atoms with Gasteiger partial charge in [0.2, 0.25) is 11.8 Å². The van der Waals surface area contributed by atoms with Crippen LogP contribution in [-0.2, 0) is 9.59 Å². The summed E-state index contributed by atoms with van der Waals surface area (Å²) >= 11 is 0. The number of benzene rings is 1. The first-order valence-corrected chi connectivity index (χ1v) is 11.0. The summed E-state index contributed by atoms with van der Waals surface area (Å²) in [4.78, 5) is 40.1. The first-order chi connectivity index (χ1) is 14.3. The maximum absolute atomic E-state index is 13.2. The topological polar surface area (TPSA) is 78.5 Å². The Labute approximate surface area is 177 Å². The number of hydrogen-bond acceptors (Lipinski definition) is 3. The third kappa shape index (κ3) is 5.58. The van der Waals surface area contributed by atoms with Crippen molar-refractivity contribution in [3.63, 3.8) is 0 Å². The third-order valence-electron chi connectivity index (χ3n) is 6.13. The Balaban J connectivity index is 1.65. The molecule has 3 rings (SSSR count). The molecule has 1 aromatic carbocycles. The lowest BCUT2D eigenvalue weighted by atomic mass is 9.87. The Hall–Kier alpha value is -2.44. The van der Waals surface area contributed by atoms with Crippen LogP contribution in [0.1, 0.15) is 62.7 Å². The van der Waals surface area contributed by atoms with Crippen molar-refractivity contribution >= 4 is 17.7 Å². The summed E-state index contributed by atoms with van der Waals surface area (Å²) in [6.07, 6.45) is 5.54. The zero-order valence-corrected chi connectivity index (χ0v) is 17.8. The lowest BCUT2D eigenvalue weighted by Gasteiger charge is -2.37. The van der Waals surface area contributed by atoms with Crippen LogP contribution in [0.5, 0.6) is 0 Å². The van der Waals surface area contributed by atoms with Gasteiger partial charge in [-0.25, -0.2) is 4.39 Å². The Morgan fingerprint density at radius 1 is 0.967 bits per heavy atom. The molecule has 1 atom stereocenters. The summed E-state index contributed by atoms with van der Waals surface area (Å²) in [5.41, 5.74) is 0.313. The van der Waals surface area contributed by atoms with Crippen molar-refractivity contribution in [2.45, 2.75) is 64.5 Å². The molecule has 0 aromatic heterocycles. The highest BCUT2D eigenvalue weighted by Gasteiger charge is 2.36. The quantitative estimate of drug-likeness (QED) is 0.747. The smallest absolute Gasteiger partial charge is 0.251 e. The van der Waals surface area contributed by atoms with Crippen LogP contribution in [-0.4, -0.2) is 47.8 Å². The highest BCUT2D eigenvalue weighted by atomic mass is 19.1. The Kier molecular flexibility index (Phi) is 7.45. The van der Waals surface area contributed by atoms with E-state index in [1.807, 2.05) is 18.7 Å². The number of rotatable bonds is 6. The lowest BCUT2D eigenvalue weighted by molar-refractivity contribution is -0.137. The highest BCUT2D eigenvalue weighted by Crippen LogP contribution is 2.29. The monoisotopic (exact) mass is 417 g/mol. The van der Waals surface area contributed by atoms with Crippen LogP contribution in [0.3, 0.4) is 0 Å². The maximum Gasteiger partial charge on any atom is 0.251 e. The van der Waals surface area contributed by atoms with Gasteiger partial charge in [-0.05, 0) is 69.7 Å². The van der Waals surface area contributed by atoms with Gasteiger partial charge in [-0.2, -0.15) is 0 Å². The van der Waals surface area contributed by atoms with Gasteiger partial charge in [0, 0.05) is 30.6 Å². The maximum atomic E-state index is 13.2. The normalized spacial score (nSPS) is 19.0. The minimum absolute atomic E-state index is 0.0493. The van der Waals surface area contributed by atoms with Crippen molar-refractivity contribution in [3.8, 4) is 0 Å². The molecule has 1 heterocycles. The van der Waals surface area contributed by atoms with Gasteiger partial charge < -0.3 is 15.5 Å². The minimum Gasteiger partial charge on any atom is -0.352 e. The number of carbonyl (C=O) groups is 3. The van der Waals surface area contributed by atoms with Gasteiger partial charge in [0.05, 0.1) is 0 Å². The molecule has 0 bridgehead atoms. The predicted octanol–water partition coefficient (Wildman–Crippen LogP) is 2.88. The number of likely N-dealkylation sites (tertiary alicyclic amines) is 1. The zero-order valence-electron chi connectivity index (χ0n) is 17.8. The molecule has 2 fully saturated rings. The molecule has 1 aliphatic heterocycles. The van der Waals surface area contributed by atoms with Gasteiger partial charge in [0.15, 0.2) is 0 Å². The molecule has 6 nitrogen and oxygen atoms in total. The van der Waals surface area contributed by atoms with E-state index in [2.05, 4.69) is 10.6 Å². The second-order valence-electron chi connectivity index (χ2n) is 8.77. The number of carbonyl (C=O) groups excluding carboxylic acids is 3. The van der Waals surface area contributed by atoms with Crippen molar-refractivity contribution in [1.82, 2.24) is 15.5 Å². The van der Waals surface area contributed by atoms with Gasteiger partial charge >= 0.3 is 0 Å². The van der Waals surface area contributed by atoms with Crippen LogP contribution in [0.25, 0.3) is 0 Å². The first-order valence-electron chi connectivity index (χ1n) is 11.0. The number of nitrogens with one attached hydrogen (secondary N) is 2. The molecule has 1 aliphatic carbocycles.